The molecule has 0 aliphatic heterocycles. The monoisotopic (exact) mass is 427 g/mol. The molecule has 0 fully saturated rings. The smallest absolute Gasteiger partial charge is 0.322 e. The summed E-state index contributed by atoms with van der Waals surface area (Å²) in [6.45, 7) is 0. The summed E-state index contributed by atoms with van der Waals surface area (Å²) >= 11 is 7.58. The van der Waals surface area contributed by atoms with Crippen molar-refractivity contribution >= 4 is 35.3 Å². The van der Waals surface area contributed by atoms with Gasteiger partial charge in [-0.2, -0.15) is 0 Å². The molecule has 1 aliphatic rings. The summed E-state index contributed by atoms with van der Waals surface area (Å²) in [7, 11) is 0. The van der Waals surface area contributed by atoms with Crippen molar-refractivity contribution < 1.29 is 9.21 Å². The summed E-state index contributed by atoms with van der Waals surface area (Å²) in [5.74, 6) is 1.16. The minimum atomic E-state index is -0.123. The number of carbonyl (C=O) groups excluding carboxylic acids is 1. The van der Waals surface area contributed by atoms with Gasteiger partial charge in [0.2, 0.25) is 11.8 Å². The lowest BCUT2D eigenvalue weighted by Crippen LogP contribution is -2.11. The summed E-state index contributed by atoms with van der Waals surface area (Å²) in [6.07, 6.45) is 5.85. The molecule has 29 heavy (non-hydrogen) atoms. The Labute approximate surface area is 179 Å². The molecule has 0 atom stereocenters. The van der Waals surface area contributed by atoms with Gasteiger partial charge in [-0.3, -0.25) is 10.1 Å². The molecule has 4 rings (SSSR count). The molecule has 5 nitrogen and oxygen atoms in total. The summed E-state index contributed by atoms with van der Waals surface area (Å²) < 4.78 is 5.65. The fourth-order valence-corrected chi connectivity index (χ4v) is 4.37. The second-order valence-corrected chi connectivity index (χ2v) is 8.66. The lowest BCUT2D eigenvalue weighted by atomic mass is 9.90. The standard InChI is InChI=1S/C22H22ClN3O2S/c23-18-9-11-19(12-10-18)29-13-3-6-20(27)24-22-26-25-21(28-22)17-8-7-15-4-1-2-5-16(15)14-17/h7-12,14H,1-6,13H2,(H,24,26,27). The number of thioether (sulfide) groups is 1. The molecule has 1 amide bonds. The van der Waals surface area contributed by atoms with Crippen LogP contribution in [0.2, 0.25) is 5.02 Å². The fourth-order valence-electron chi connectivity index (χ4n) is 3.39. The van der Waals surface area contributed by atoms with Crippen LogP contribution in [0.25, 0.3) is 11.5 Å². The molecule has 0 spiro atoms. The Balaban J connectivity index is 1.26. The van der Waals surface area contributed by atoms with E-state index in [4.69, 9.17) is 16.0 Å². The average Bonchev–Trinajstić information content (AvgIpc) is 3.20. The zero-order chi connectivity index (χ0) is 20.1. The van der Waals surface area contributed by atoms with Crippen molar-refractivity contribution in [2.24, 2.45) is 0 Å². The van der Waals surface area contributed by atoms with Crippen LogP contribution in [-0.4, -0.2) is 21.9 Å². The van der Waals surface area contributed by atoms with E-state index in [1.165, 1.54) is 24.0 Å². The van der Waals surface area contributed by atoms with Crippen LogP contribution < -0.4 is 5.32 Å². The third-order valence-corrected chi connectivity index (χ3v) is 6.25. The lowest BCUT2D eigenvalue weighted by Gasteiger charge is -2.15. The topological polar surface area (TPSA) is 68.0 Å². The summed E-state index contributed by atoms with van der Waals surface area (Å²) in [6, 6.07) is 14.1. The van der Waals surface area contributed by atoms with Crippen LogP contribution in [0.3, 0.4) is 0 Å². The first-order valence-electron chi connectivity index (χ1n) is 9.81. The molecule has 1 aliphatic carbocycles. The molecule has 2 aromatic carbocycles. The quantitative estimate of drug-likeness (QED) is 0.382. The number of nitrogens with one attached hydrogen (secondary N) is 1. The van der Waals surface area contributed by atoms with Gasteiger partial charge in [0.25, 0.3) is 0 Å². The first-order chi connectivity index (χ1) is 14.2. The van der Waals surface area contributed by atoms with E-state index in [0.717, 1.165) is 40.5 Å². The lowest BCUT2D eigenvalue weighted by molar-refractivity contribution is -0.116. The van der Waals surface area contributed by atoms with Gasteiger partial charge < -0.3 is 4.42 Å². The number of hydrogen-bond donors (Lipinski definition) is 1. The molecule has 0 saturated heterocycles. The van der Waals surface area contributed by atoms with Crippen molar-refractivity contribution in [3.05, 3.63) is 58.6 Å². The number of benzene rings is 2. The van der Waals surface area contributed by atoms with E-state index in [2.05, 4.69) is 27.6 Å². The highest BCUT2D eigenvalue weighted by Gasteiger charge is 2.15. The number of carbonyl (C=O) groups is 1. The van der Waals surface area contributed by atoms with Gasteiger partial charge in [0.1, 0.15) is 0 Å². The Morgan fingerprint density at radius 2 is 1.86 bits per heavy atom. The first kappa shape index (κ1) is 20.0. The highest BCUT2D eigenvalue weighted by atomic mass is 35.5. The van der Waals surface area contributed by atoms with Crippen molar-refractivity contribution in [1.29, 1.82) is 0 Å². The van der Waals surface area contributed by atoms with Gasteiger partial charge in [0.05, 0.1) is 0 Å². The fraction of sp³-hybridized carbons (Fsp3) is 0.318. The second kappa shape index (κ2) is 9.46. The highest BCUT2D eigenvalue weighted by molar-refractivity contribution is 7.99. The zero-order valence-electron chi connectivity index (χ0n) is 16.0. The molecule has 7 heteroatoms. The van der Waals surface area contributed by atoms with Gasteiger partial charge in [-0.1, -0.05) is 22.8 Å². The highest BCUT2D eigenvalue weighted by Crippen LogP contribution is 2.27. The number of anilines is 1. The number of halogens is 1. The van der Waals surface area contributed by atoms with Crippen molar-refractivity contribution in [2.75, 3.05) is 11.1 Å². The van der Waals surface area contributed by atoms with E-state index in [0.29, 0.717) is 12.3 Å². The minimum Gasteiger partial charge on any atom is -0.403 e. The molecule has 150 valence electrons. The Hall–Kier alpha value is -2.31. The molecule has 0 radical (unpaired) electrons. The molecule has 0 saturated carbocycles. The largest absolute Gasteiger partial charge is 0.403 e. The Morgan fingerprint density at radius 3 is 2.69 bits per heavy atom. The molecule has 1 N–H and O–H groups in total. The molecule has 1 aromatic heterocycles. The van der Waals surface area contributed by atoms with E-state index in [1.807, 2.05) is 30.3 Å². The summed E-state index contributed by atoms with van der Waals surface area (Å²) in [5, 5.41) is 11.5. The van der Waals surface area contributed by atoms with Crippen molar-refractivity contribution in [2.45, 2.75) is 43.4 Å². The van der Waals surface area contributed by atoms with Crippen LogP contribution in [0, 0.1) is 0 Å². The number of aromatic nitrogens is 2. The van der Waals surface area contributed by atoms with Gasteiger partial charge in [-0.15, -0.1) is 16.9 Å². The number of rotatable bonds is 7. The van der Waals surface area contributed by atoms with Crippen molar-refractivity contribution in [3.8, 4) is 11.5 Å². The van der Waals surface area contributed by atoms with Crippen LogP contribution in [0.5, 0.6) is 0 Å². The van der Waals surface area contributed by atoms with Crippen LogP contribution in [-0.2, 0) is 17.6 Å². The molecule has 0 bridgehead atoms. The van der Waals surface area contributed by atoms with E-state index in [1.54, 1.807) is 11.8 Å². The average molecular weight is 428 g/mol. The maximum Gasteiger partial charge on any atom is 0.322 e. The Morgan fingerprint density at radius 1 is 1.07 bits per heavy atom. The maximum absolute atomic E-state index is 12.1. The molecular formula is C22H22ClN3O2S. The number of amides is 1. The third-order valence-electron chi connectivity index (χ3n) is 4.90. The van der Waals surface area contributed by atoms with Gasteiger partial charge in [-0.25, -0.2) is 0 Å². The van der Waals surface area contributed by atoms with E-state index < -0.39 is 0 Å². The van der Waals surface area contributed by atoms with Gasteiger partial charge in [0, 0.05) is 21.9 Å². The van der Waals surface area contributed by atoms with E-state index >= 15 is 0 Å². The SMILES string of the molecule is O=C(CCCSc1ccc(Cl)cc1)Nc1nnc(-c2ccc3c(c2)CCCC3)o1. The molecule has 1 heterocycles. The minimum absolute atomic E-state index is 0.123. The summed E-state index contributed by atoms with van der Waals surface area (Å²) in [5.41, 5.74) is 3.67. The third kappa shape index (κ3) is 5.40. The number of fused-ring (bicyclic) bond motifs is 1. The second-order valence-electron chi connectivity index (χ2n) is 7.06. The van der Waals surface area contributed by atoms with Crippen LogP contribution in [0.1, 0.15) is 36.8 Å². The zero-order valence-corrected chi connectivity index (χ0v) is 17.6. The summed E-state index contributed by atoms with van der Waals surface area (Å²) in [4.78, 5) is 13.3. The van der Waals surface area contributed by atoms with Crippen LogP contribution in [0.4, 0.5) is 6.01 Å². The van der Waals surface area contributed by atoms with Gasteiger partial charge >= 0.3 is 6.01 Å². The Bertz CT molecular complexity index is 988. The van der Waals surface area contributed by atoms with Crippen molar-refractivity contribution in [1.82, 2.24) is 10.2 Å². The van der Waals surface area contributed by atoms with Crippen molar-refractivity contribution in [3.63, 3.8) is 0 Å². The van der Waals surface area contributed by atoms with Gasteiger partial charge in [-0.05, 0) is 85.4 Å². The molecule has 0 unspecified atom stereocenters. The predicted molar refractivity (Wildman–Crippen MR) is 116 cm³/mol. The van der Waals surface area contributed by atoms with Crippen LogP contribution in [0.15, 0.2) is 51.8 Å². The number of nitrogens with zero attached hydrogens (tertiary/aromatic N) is 2. The normalized spacial score (nSPS) is 13.1. The number of aryl methyl sites for hydroxylation is 2. The first-order valence-corrected chi connectivity index (χ1v) is 11.2. The maximum atomic E-state index is 12.1. The predicted octanol–water partition coefficient (Wildman–Crippen LogP) is 5.78. The Kier molecular flexibility index (Phi) is 6.52. The van der Waals surface area contributed by atoms with E-state index in [9.17, 15) is 4.79 Å². The van der Waals surface area contributed by atoms with Gasteiger partial charge in [0.15, 0.2) is 0 Å². The molecular weight excluding hydrogens is 406 g/mol. The molecule has 3 aromatic rings. The van der Waals surface area contributed by atoms with Crippen LogP contribution >= 0.6 is 23.4 Å². The number of hydrogen-bond acceptors (Lipinski definition) is 5. The van der Waals surface area contributed by atoms with E-state index in [-0.39, 0.29) is 11.9 Å².